The lowest BCUT2D eigenvalue weighted by Gasteiger charge is -2.17. The zero-order valence-corrected chi connectivity index (χ0v) is 44.5. The average molecular weight is 1060 g/mol. The van der Waals surface area contributed by atoms with Gasteiger partial charge in [-0.05, 0) is 72.8 Å². The van der Waals surface area contributed by atoms with Crippen molar-refractivity contribution in [1.82, 2.24) is 28.7 Å². The first-order valence-electron chi connectivity index (χ1n) is 26.6. The van der Waals surface area contributed by atoms with E-state index in [2.05, 4.69) is 251 Å². The summed E-state index contributed by atoms with van der Waals surface area (Å²) in [4.78, 5) is 16.3. The van der Waals surface area contributed by atoms with E-state index >= 15 is 0 Å². The van der Waals surface area contributed by atoms with E-state index < -0.39 is 0 Å². The Balaban J connectivity index is 0.830. The summed E-state index contributed by atoms with van der Waals surface area (Å²) in [6, 6.07) is 79.6. The van der Waals surface area contributed by atoms with Crippen LogP contribution in [-0.4, -0.2) is 35.4 Å². The van der Waals surface area contributed by atoms with Crippen LogP contribution in [0.3, 0.4) is 0 Å². The lowest BCUT2D eigenvalue weighted by Crippen LogP contribution is -2.52. The number of nitrogens with zero attached hydrogens (tertiary/aromatic N) is 6. The maximum Gasteiger partial charge on any atom is 0.247 e. The Hall–Kier alpha value is -9.45. The first-order chi connectivity index (χ1) is 39.2. The molecule has 0 aliphatic rings. The molecule has 10 heteroatoms. The van der Waals surface area contributed by atoms with Gasteiger partial charge in [0.25, 0.3) is 0 Å². The molecule has 0 aliphatic carbocycles. The van der Waals surface area contributed by atoms with E-state index in [0.29, 0.717) is 0 Å². The number of hydrogen-bond donors (Lipinski definition) is 0. The largest absolute Gasteiger partial charge is 0.293 e. The standard InChI is InChI=1S/C69H39BN6S3/c1-7-19-52-43(13-1)46-28-31-58-64(49-16-4-10-22-55(49)77-58)67(46)74(52)61-34-25-40(37-71-61)70(41-26-35-62(72-38-41)75-53-20-8-2-14-44(53)47-29-32-59-65(68(47)75)50-17-5-11-23-56(50)78-59)42-27-36-63(73-39-42)76-54-21-9-3-15-45(54)48-30-33-60-66(69(48)76)51-18-6-12-24-57(51)79-60/h1-39H. The summed E-state index contributed by atoms with van der Waals surface area (Å²) in [6.45, 7) is -0.244. The van der Waals surface area contributed by atoms with E-state index in [4.69, 9.17) is 15.0 Å². The molecule has 0 amide bonds. The highest BCUT2D eigenvalue weighted by Gasteiger charge is 2.27. The highest BCUT2D eigenvalue weighted by atomic mass is 32.1. The van der Waals surface area contributed by atoms with Crippen molar-refractivity contribution in [2.45, 2.75) is 0 Å². The van der Waals surface area contributed by atoms with Gasteiger partial charge >= 0.3 is 0 Å². The fraction of sp³-hybridized carbons (Fsp3) is 0. The van der Waals surface area contributed by atoms with Crippen LogP contribution < -0.4 is 16.4 Å². The van der Waals surface area contributed by atoms with Gasteiger partial charge in [0, 0.05) is 111 Å². The van der Waals surface area contributed by atoms with E-state index in [0.717, 1.165) is 50.4 Å². The summed E-state index contributed by atoms with van der Waals surface area (Å²) in [7, 11) is 0. The van der Waals surface area contributed by atoms with Gasteiger partial charge in [-0.25, -0.2) is 15.0 Å². The van der Waals surface area contributed by atoms with Crippen molar-refractivity contribution in [2.75, 3.05) is 0 Å². The normalized spacial score (nSPS) is 12.3. The number of hydrogen-bond acceptors (Lipinski definition) is 6. The number of aromatic nitrogens is 6. The molecule has 9 aromatic heterocycles. The SMILES string of the molecule is c1ccc2c(c1)sc1ccc3c4ccccc4n(-c4ccc(B(c5ccc(-n6c7ccccc7c7ccc8sc9ccccc9c8c76)nc5)c5ccc(-n6c7ccccc7c7ccc8sc9ccccc9c8c76)nc5)cn4)c3c12. The second-order valence-corrected chi connectivity index (χ2v) is 23.9. The van der Waals surface area contributed by atoms with E-state index in [-0.39, 0.29) is 6.71 Å². The number of para-hydroxylation sites is 3. The molecule has 0 unspecified atom stereocenters. The van der Waals surface area contributed by atoms with Gasteiger partial charge in [-0.15, -0.1) is 34.0 Å². The Bertz CT molecular complexity index is 5020. The zero-order valence-electron chi connectivity index (χ0n) is 42.0. The number of benzene rings is 9. The smallest absolute Gasteiger partial charge is 0.247 e. The van der Waals surface area contributed by atoms with Crippen LogP contribution in [0.25, 0.3) is 143 Å². The van der Waals surface area contributed by atoms with E-state index in [9.17, 15) is 0 Å². The Kier molecular flexibility index (Phi) is 9.13. The third kappa shape index (κ3) is 6.19. The van der Waals surface area contributed by atoms with Gasteiger partial charge in [-0.1, -0.05) is 162 Å². The monoisotopic (exact) mass is 1060 g/mol. The van der Waals surface area contributed by atoms with E-state index in [1.54, 1.807) is 0 Å². The van der Waals surface area contributed by atoms with Crippen LogP contribution in [0, 0.1) is 0 Å². The van der Waals surface area contributed by atoms with Gasteiger partial charge in [0.2, 0.25) is 6.71 Å². The lowest BCUT2D eigenvalue weighted by molar-refractivity contribution is 1.09. The van der Waals surface area contributed by atoms with Gasteiger partial charge in [0.1, 0.15) is 17.5 Å². The number of thiophene rings is 3. The molecular formula is C69H39BN6S3. The number of pyridine rings is 3. The van der Waals surface area contributed by atoms with Crippen LogP contribution in [0.1, 0.15) is 0 Å². The van der Waals surface area contributed by atoms with Crippen molar-refractivity contribution in [3.05, 3.63) is 237 Å². The molecule has 366 valence electrons. The highest BCUT2D eigenvalue weighted by molar-refractivity contribution is 7.26. The van der Waals surface area contributed by atoms with Crippen LogP contribution in [0.5, 0.6) is 0 Å². The second-order valence-electron chi connectivity index (χ2n) is 20.6. The van der Waals surface area contributed by atoms with Crippen molar-refractivity contribution < 1.29 is 0 Å². The average Bonchev–Trinajstić information content (AvgIpc) is 4.53. The summed E-state index contributed by atoms with van der Waals surface area (Å²) < 4.78 is 14.8. The summed E-state index contributed by atoms with van der Waals surface area (Å²) in [5, 5.41) is 14.9. The molecule has 0 saturated heterocycles. The third-order valence-corrected chi connectivity index (χ3v) is 19.9. The lowest BCUT2D eigenvalue weighted by atomic mass is 9.37. The van der Waals surface area contributed by atoms with Crippen LogP contribution in [0.15, 0.2) is 237 Å². The van der Waals surface area contributed by atoms with Crippen LogP contribution in [0.4, 0.5) is 0 Å². The van der Waals surface area contributed by atoms with Crippen LogP contribution in [0.2, 0.25) is 0 Å². The molecule has 79 heavy (non-hydrogen) atoms. The third-order valence-electron chi connectivity index (χ3n) is 16.5. The number of rotatable bonds is 6. The molecule has 18 rings (SSSR count). The van der Waals surface area contributed by atoms with Crippen molar-refractivity contribution in [1.29, 1.82) is 0 Å². The Morgan fingerprint density at radius 3 is 0.848 bits per heavy atom. The molecule has 0 atom stereocenters. The van der Waals surface area contributed by atoms with Gasteiger partial charge in [0.05, 0.1) is 33.1 Å². The predicted octanol–water partition coefficient (Wildman–Crippen LogP) is 16.8. The topological polar surface area (TPSA) is 53.5 Å². The minimum absolute atomic E-state index is 0.244. The molecule has 0 radical (unpaired) electrons. The summed E-state index contributed by atoms with van der Waals surface area (Å²) in [5.74, 6) is 2.61. The fourth-order valence-corrected chi connectivity index (χ4v) is 16.5. The maximum atomic E-state index is 5.43. The highest BCUT2D eigenvalue weighted by Crippen LogP contribution is 2.46. The van der Waals surface area contributed by atoms with Gasteiger partial charge < -0.3 is 0 Å². The first kappa shape index (κ1) is 43.6. The van der Waals surface area contributed by atoms with Gasteiger partial charge in [-0.3, -0.25) is 13.7 Å². The maximum absolute atomic E-state index is 5.43. The fourth-order valence-electron chi connectivity index (χ4n) is 13.2. The van der Waals surface area contributed by atoms with Crippen LogP contribution in [-0.2, 0) is 0 Å². The molecule has 18 aromatic rings. The van der Waals surface area contributed by atoms with E-state index in [1.807, 2.05) is 34.0 Å². The first-order valence-corrected chi connectivity index (χ1v) is 29.0. The zero-order chi connectivity index (χ0) is 51.4. The Labute approximate surface area is 463 Å². The summed E-state index contributed by atoms with van der Waals surface area (Å²) in [6.07, 6.45) is 6.22. The molecule has 0 N–H and O–H groups in total. The van der Waals surface area contributed by atoms with Gasteiger partial charge in [-0.2, -0.15) is 0 Å². The molecule has 0 saturated carbocycles. The molecule has 0 bridgehead atoms. The minimum atomic E-state index is -0.244. The molecule has 9 heterocycles. The molecule has 6 nitrogen and oxygen atoms in total. The predicted molar refractivity (Wildman–Crippen MR) is 339 cm³/mol. The quantitative estimate of drug-likeness (QED) is 0.156. The number of fused-ring (bicyclic) bond motifs is 21. The molecular weight excluding hydrogens is 1020 g/mol. The Morgan fingerprint density at radius 2 is 0.544 bits per heavy atom. The molecule has 0 fully saturated rings. The molecule has 9 aromatic carbocycles. The van der Waals surface area contributed by atoms with Crippen molar-refractivity contribution in [3.63, 3.8) is 0 Å². The second kappa shape index (κ2) is 16.5. The minimum Gasteiger partial charge on any atom is -0.293 e. The Morgan fingerprint density at radius 1 is 0.253 bits per heavy atom. The van der Waals surface area contributed by atoms with Crippen molar-refractivity contribution in [3.8, 4) is 17.5 Å². The van der Waals surface area contributed by atoms with E-state index in [1.165, 1.54) is 109 Å². The van der Waals surface area contributed by atoms with Crippen molar-refractivity contribution in [2.24, 2.45) is 0 Å². The summed E-state index contributed by atoms with van der Waals surface area (Å²) in [5.41, 5.74) is 10.1. The van der Waals surface area contributed by atoms with Gasteiger partial charge in [0.15, 0.2) is 0 Å². The van der Waals surface area contributed by atoms with Crippen molar-refractivity contribution >= 4 is 183 Å². The van der Waals surface area contributed by atoms with Crippen LogP contribution >= 0.6 is 34.0 Å². The molecule has 0 aliphatic heterocycles. The molecule has 0 spiro atoms. The summed E-state index contributed by atoms with van der Waals surface area (Å²) >= 11 is 5.54.